The van der Waals surface area contributed by atoms with Crippen molar-refractivity contribution < 1.29 is 9.59 Å². The van der Waals surface area contributed by atoms with Gasteiger partial charge in [-0.05, 0) is 252 Å². The third-order valence-electron chi connectivity index (χ3n) is 18.4. The Labute approximate surface area is 625 Å². The van der Waals surface area contributed by atoms with Crippen LogP contribution < -0.4 is 0 Å². The first-order valence-corrected chi connectivity index (χ1v) is 40.5. The second-order valence-corrected chi connectivity index (χ2v) is 25.2. The van der Waals surface area contributed by atoms with E-state index in [-0.39, 0.29) is 11.6 Å². The number of rotatable bonds is 16. The second-order valence-electron chi connectivity index (χ2n) is 25.2. The van der Waals surface area contributed by atoms with E-state index in [1.165, 1.54) is 125 Å². The van der Waals surface area contributed by atoms with Gasteiger partial charge in [0.1, 0.15) is 0 Å². The Kier molecular flexibility index (Phi) is 70.7. The topological polar surface area (TPSA) is 34.1 Å². The van der Waals surface area contributed by atoms with Crippen LogP contribution in [0.25, 0.3) is 0 Å². The molecule has 0 radical (unpaired) electrons. The van der Waals surface area contributed by atoms with Gasteiger partial charge in [0.25, 0.3) is 0 Å². The SMILES string of the molecule is CC.CC.CC.CC.CC.CC.CC.CCC(C)c1ccc(C)c(C)c1.CCC(C)c1ccc(C)c(C)c1.CCC(C)c1ccc(C)cc1.CCC(C)c1cccc(C(C)=O)c1.CCC(C)c1cccc(C(C)=O)c1.CCC(C)c1cccc(C)c1.CCC(C)c1cccc2c1CCCC2. The lowest BCUT2D eigenvalue weighted by atomic mass is 9.83. The van der Waals surface area contributed by atoms with Crippen LogP contribution in [0.1, 0.15) is 411 Å². The van der Waals surface area contributed by atoms with Crippen molar-refractivity contribution in [2.24, 2.45) is 0 Å². The predicted octanol–water partition coefficient (Wildman–Crippen LogP) is 32.7. The van der Waals surface area contributed by atoms with Crippen molar-refractivity contribution in [3.8, 4) is 0 Å². The Morgan fingerprint density at radius 3 is 0.900 bits per heavy atom. The summed E-state index contributed by atoms with van der Waals surface area (Å²) in [6.45, 7) is 75.5. The average Bonchev–Trinajstić information content (AvgIpc) is 0.829. The van der Waals surface area contributed by atoms with Gasteiger partial charge in [-0.25, -0.2) is 0 Å². The van der Waals surface area contributed by atoms with Crippen LogP contribution in [-0.4, -0.2) is 11.6 Å². The molecule has 0 saturated carbocycles. The van der Waals surface area contributed by atoms with Crippen molar-refractivity contribution in [3.63, 3.8) is 0 Å². The van der Waals surface area contributed by atoms with Gasteiger partial charge in [0.05, 0.1) is 0 Å². The number of ketones is 2. The van der Waals surface area contributed by atoms with Crippen molar-refractivity contribution in [2.45, 2.75) is 361 Å². The Hall–Kier alpha value is -6.12. The number of carbonyl (C=O) groups is 2. The van der Waals surface area contributed by atoms with Crippen LogP contribution in [0.2, 0.25) is 0 Å². The van der Waals surface area contributed by atoms with E-state index < -0.39 is 0 Å². The maximum atomic E-state index is 11.1. The zero-order valence-corrected chi connectivity index (χ0v) is 72.6. The molecule has 7 aromatic rings. The first kappa shape index (κ1) is 105. The lowest BCUT2D eigenvalue weighted by Gasteiger charge is -2.22. The van der Waals surface area contributed by atoms with Crippen LogP contribution >= 0.6 is 0 Å². The highest BCUT2D eigenvalue weighted by Gasteiger charge is 2.16. The molecule has 566 valence electrons. The molecule has 7 unspecified atom stereocenters. The highest BCUT2D eigenvalue weighted by molar-refractivity contribution is 5.94. The molecule has 0 aliphatic heterocycles. The quantitative estimate of drug-likeness (QED) is 0.0904. The first-order valence-electron chi connectivity index (χ1n) is 40.5. The summed E-state index contributed by atoms with van der Waals surface area (Å²) >= 11 is 0. The van der Waals surface area contributed by atoms with E-state index in [0.717, 1.165) is 29.9 Å². The summed E-state index contributed by atoms with van der Waals surface area (Å²) < 4.78 is 0. The molecule has 2 nitrogen and oxygen atoms in total. The van der Waals surface area contributed by atoms with Crippen LogP contribution in [0.15, 0.2) is 152 Å². The number of aryl methyl sites for hydroxylation is 7. The molecule has 1 aliphatic carbocycles. The molecule has 0 spiro atoms. The molecular weight excluding hydrogens is 1210 g/mol. The maximum absolute atomic E-state index is 11.1. The van der Waals surface area contributed by atoms with Crippen molar-refractivity contribution in [2.75, 3.05) is 0 Å². The molecule has 7 atom stereocenters. The molecule has 8 rings (SSSR count). The maximum Gasteiger partial charge on any atom is 0.159 e. The van der Waals surface area contributed by atoms with Crippen molar-refractivity contribution in [1.82, 2.24) is 0 Å². The van der Waals surface area contributed by atoms with Gasteiger partial charge in [-0.3, -0.25) is 9.59 Å². The number of carbonyl (C=O) groups excluding carboxylic acids is 2. The van der Waals surface area contributed by atoms with Crippen LogP contribution in [0.5, 0.6) is 0 Å². The van der Waals surface area contributed by atoms with E-state index >= 15 is 0 Å². The lowest BCUT2D eigenvalue weighted by molar-refractivity contribution is 0.100. The predicted molar refractivity (Wildman–Crippen MR) is 461 cm³/mol. The molecule has 0 saturated heterocycles. The normalized spacial score (nSPS) is 12.1. The van der Waals surface area contributed by atoms with E-state index in [9.17, 15) is 9.59 Å². The minimum atomic E-state index is 0.144. The minimum absolute atomic E-state index is 0.144. The van der Waals surface area contributed by atoms with E-state index in [2.05, 4.69) is 254 Å². The Bertz CT molecular complexity index is 2900. The Morgan fingerprint density at radius 2 is 0.580 bits per heavy atom. The molecule has 0 aromatic heterocycles. The van der Waals surface area contributed by atoms with Gasteiger partial charge in [-0.1, -0.05) is 345 Å². The monoisotopic (exact) mass is 1370 g/mol. The summed E-state index contributed by atoms with van der Waals surface area (Å²) in [5.74, 6) is 4.91. The average molecular weight is 1370 g/mol. The molecule has 2 heteroatoms. The standard InChI is InChI=1S/C14H20.2C12H16O.2C12H18.2C11H16.7C2H6/c1-3-11(2)13-10-6-8-12-7-4-5-9-14(12)13;2*1-4-9(2)11-6-5-7-12(8-11)10(3)13;2*1-5-9(2)12-7-6-10(3)11(4)8-12;1-4-10(3)11-7-5-9(2)6-8-11;1-4-10(3)11-7-5-6-9(2)8-11;7*1-2/h6,8,10-11H,3-5,7,9H2,1-2H3;2*5-9H,4H2,1-3H3;2*6-9H,5H2,1-4H3;2*5-8,10H,4H2,1-3H3;7*1-2H3. The third kappa shape index (κ3) is 44.3. The summed E-state index contributed by atoms with van der Waals surface area (Å²) in [7, 11) is 0. The van der Waals surface area contributed by atoms with Gasteiger partial charge in [-0.15, -0.1) is 0 Å². The summed E-state index contributed by atoms with van der Waals surface area (Å²) in [5.41, 5.74) is 23.2. The molecule has 100 heavy (non-hydrogen) atoms. The first-order chi connectivity index (χ1) is 47.9. The highest BCUT2D eigenvalue weighted by Crippen LogP contribution is 2.31. The highest BCUT2D eigenvalue weighted by atomic mass is 16.1. The second kappa shape index (κ2) is 67.4. The van der Waals surface area contributed by atoms with Crippen LogP contribution in [0.3, 0.4) is 0 Å². The van der Waals surface area contributed by atoms with Gasteiger partial charge >= 0.3 is 0 Å². The fourth-order valence-electron chi connectivity index (χ4n) is 10.0. The number of benzene rings is 7. The third-order valence-corrected chi connectivity index (χ3v) is 18.4. The number of hydrogen-bond donors (Lipinski definition) is 0. The largest absolute Gasteiger partial charge is 0.295 e. The molecule has 0 fully saturated rings. The van der Waals surface area contributed by atoms with Crippen LogP contribution in [0, 0.1) is 41.5 Å². The van der Waals surface area contributed by atoms with Crippen LogP contribution in [0.4, 0.5) is 0 Å². The van der Waals surface area contributed by atoms with Gasteiger partial charge in [-0.2, -0.15) is 0 Å². The number of fused-ring (bicyclic) bond motifs is 1. The number of hydrogen-bond acceptors (Lipinski definition) is 2. The zero-order valence-electron chi connectivity index (χ0n) is 72.6. The molecule has 0 heterocycles. The molecular formula is C98H162O2. The van der Waals surface area contributed by atoms with E-state index in [1.54, 1.807) is 30.5 Å². The van der Waals surface area contributed by atoms with Gasteiger partial charge in [0.15, 0.2) is 11.6 Å². The van der Waals surface area contributed by atoms with Gasteiger partial charge in [0, 0.05) is 11.1 Å². The molecule has 1 aliphatic rings. The van der Waals surface area contributed by atoms with Crippen molar-refractivity contribution in [1.29, 1.82) is 0 Å². The van der Waals surface area contributed by atoms with Gasteiger partial charge < -0.3 is 0 Å². The summed E-state index contributed by atoms with van der Waals surface area (Å²) in [6.07, 6.45) is 13.8. The fraction of sp³-hybridized carbons (Fsp3) is 0.551. The summed E-state index contributed by atoms with van der Waals surface area (Å²) in [5, 5.41) is 0. The van der Waals surface area contributed by atoms with E-state index in [0.29, 0.717) is 35.5 Å². The molecule has 0 amide bonds. The zero-order chi connectivity index (χ0) is 78.5. The minimum Gasteiger partial charge on any atom is -0.295 e. The summed E-state index contributed by atoms with van der Waals surface area (Å²) in [4.78, 5) is 22.2. The van der Waals surface area contributed by atoms with Crippen molar-refractivity contribution in [3.05, 3.63) is 246 Å². The smallest absolute Gasteiger partial charge is 0.159 e. The van der Waals surface area contributed by atoms with Crippen LogP contribution in [-0.2, 0) is 12.8 Å². The molecule has 7 aromatic carbocycles. The Balaban J connectivity index is -0.000000250. The molecule has 0 bridgehead atoms. The lowest BCUT2D eigenvalue weighted by Crippen LogP contribution is -2.07. The van der Waals surface area contributed by atoms with Crippen molar-refractivity contribution >= 4 is 11.6 Å². The van der Waals surface area contributed by atoms with E-state index in [1.807, 2.05) is 133 Å². The molecule has 0 N–H and O–H groups in total. The number of Topliss-reactive ketones (excluding diaryl/α,β-unsaturated/α-hetero) is 2. The van der Waals surface area contributed by atoms with Gasteiger partial charge in [0.2, 0.25) is 0 Å². The summed E-state index contributed by atoms with van der Waals surface area (Å²) in [6, 6.07) is 53.8. The fourth-order valence-corrected chi connectivity index (χ4v) is 10.0. The van der Waals surface area contributed by atoms with E-state index in [4.69, 9.17) is 0 Å². The Morgan fingerprint density at radius 1 is 0.290 bits per heavy atom.